The molecule has 0 aliphatic rings. The molecule has 0 radical (unpaired) electrons. The molecule has 4 heteroatoms. The lowest BCUT2D eigenvalue weighted by atomic mass is 10.1. The maximum Gasteiger partial charge on any atom is 0.272 e. The zero-order valence-corrected chi connectivity index (χ0v) is 8.95. The number of hydrogen-bond donors (Lipinski definition) is 0. The van der Waals surface area contributed by atoms with Crippen LogP contribution in [0.2, 0.25) is 0 Å². The molecular formula is C8H8INO2. The maximum atomic E-state index is 10.5. The Hall–Kier alpha value is -0.650. The van der Waals surface area contributed by atoms with Gasteiger partial charge in [-0.05, 0) is 48.1 Å². The van der Waals surface area contributed by atoms with Gasteiger partial charge >= 0.3 is 0 Å². The Morgan fingerprint density at radius 3 is 2.42 bits per heavy atom. The lowest BCUT2D eigenvalue weighted by Gasteiger charge is -2.00. The highest BCUT2D eigenvalue weighted by molar-refractivity contribution is 14.1. The zero-order valence-electron chi connectivity index (χ0n) is 6.80. The average molecular weight is 277 g/mol. The molecule has 12 heavy (non-hydrogen) atoms. The molecule has 0 N–H and O–H groups in total. The van der Waals surface area contributed by atoms with E-state index in [0.29, 0.717) is 0 Å². The number of rotatable bonds is 1. The zero-order chi connectivity index (χ0) is 9.30. The van der Waals surface area contributed by atoms with Crippen LogP contribution in [-0.4, -0.2) is 4.92 Å². The van der Waals surface area contributed by atoms with Crippen molar-refractivity contribution in [1.29, 1.82) is 0 Å². The van der Waals surface area contributed by atoms with Crippen LogP contribution in [-0.2, 0) is 0 Å². The van der Waals surface area contributed by atoms with Crippen LogP contribution >= 0.6 is 22.6 Å². The number of nitrogens with zero attached hydrogens (tertiary/aromatic N) is 1. The van der Waals surface area contributed by atoms with Crippen LogP contribution in [0.1, 0.15) is 11.1 Å². The Bertz CT molecular complexity index is 336. The topological polar surface area (TPSA) is 43.1 Å². The van der Waals surface area contributed by atoms with E-state index in [9.17, 15) is 10.1 Å². The summed E-state index contributed by atoms with van der Waals surface area (Å²) in [4.78, 5) is 10.1. The number of nitro groups is 1. The van der Waals surface area contributed by atoms with Crippen LogP contribution in [0.25, 0.3) is 0 Å². The van der Waals surface area contributed by atoms with Gasteiger partial charge in [0.2, 0.25) is 0 Å². The maximum absolute atomic E-state index is 10.5. The van der Waals surface area contributed by atoms with Crippen molar-refractivity contribution in [2.75, 3.05) is 0 Å². The SMILES string of the molecule is Cc1cc([N+](=O)[O-])c(C)cc1I. The summed E-state index contributed by atoms with van der Waals surface area (Å²) in [6, 6.07) is 3.44. The number of halogens is 1. The van der Waals surface area contributed by atoms with Gasteiger partial charge in [0.25, 0.3) is 5.69 Å². The standard InChI is InChI=1S/C8H8INO2/c1-5-4-8(10(11)12)6(2)3-7(5)9/h3-4H,1-2H3. The summed E-state index contributed by atoms with van der Waals surface area (Å²) < 4.78 is 1.07. The third-order valence-corrected chi connectivity index (χ3v) is 2.84. The van der Waals surface area contributed by atoms with Crippen LogP contribution in [0.15, 0.2) is 12.1 Å². The minimum absolute atomic E-state index is 0.202. The number of hydrogen-bond acceptors (Lipinski definition) is 2. The fourth-order valence-corrected chi connectivity index (χ4v) is 1.59. The molecule has 0 aliphatic heterocycles. The summed E-state index contributed by atoms with van der Waals surface area (Å²) in [5, 5.41) is 10.5. The van der Waals surface area contributed by atoms with Crippen LogP contribution in [0.4, 0.5) is 5.69 Å². The summed E-state index contributed by atoms with van der Waals surface area (Å²) in [6.07, 6.45) is 0. The van der Waals surface area contributed by atoms with Crippen molar-refractivity contribution in [3.8, 4) is 0 Å². The number of aryl methyl sites for hydroxylation is 2. The van der Waals surface area contributed by atoms with E-state index in [1.165, 1.54) is 0 Å². The predicted molar refractivity (Wildman–Crippen MR) is 55.3 cm³/mol. The van der Waals surface area contributed by atoms with Crippen molar-refractivity contribution in [2.45, 2.75) is 13.8 Å². The van der Waals surface area contributed by atoms with Gasteiger partial charge in [0.1, 0.15) is 0 Å². The molecule has 0 fully saturated rings. The Balaban J connectivity index is 3.33. The fourth-order valence-electron chi connectivity index (χ4n) is 0.962. The average Bonchev–Trinajstić information content (AvgIpc) is 1.96. The van der Waals surface area contributed by atoms with Crippen molar-refractivity contribution in [2.24, 2.45) is 0 Å². The molecule has 0 spiro atoms. The van der Waals surface area contributed by atoms with Crippen LogP contribution < -0.4 is 0 Å². The highest BCUT2D eigenvalue weighted by Crippen LogP contribution is 2.23. The third kappa shape index (κ3) is 1.74. The van der Waals surface area contributed by atoms with Crippen molar-refractivity contribution in [3.63, 3.8) is 0 Å². The second kappa shape index (κ2) is 3.38. The molecule has 3 nitrogen and oxygen atoms in total. The van der Waals surface area contributed by atoms with E-state index in [4.69, 9.17) is 0 Å². The monoisotopic (exact) mass is 277 g/mol. The lowest BCUT2D eigenvalue weighted by molar-refractivity contribution is -0.385. The van der Waals surface area contributed by atoms with Gasteiger partial charge in [0.05, 0.1) is 4.92 Å². The molecule has 0 atom stereocenters. The molecule has 0 amide bonds. The summed E-state index contributed by atoms with van der Waals surface area (Å²) in [5.41, 5.74) is 1.87. The molecule has 1 rings (SSSR count). The van der Waals surface area contributed by atoms with Crippen molar-refractivity contribution >= 4 is 28.3 Å². The Kier molecular flexibility index (Phi) is 2.66. The van der Waals surface area contributed by atoms with Gasteiger partial charge in [-0.3, -0.25) is 10.1 Å². The summed E-state index contributed by atoms with van der Waals surface area (Å²) in [7, 11) is 0. The van der Waals surface area contributed by atoms with Gasteiger partial charge < -0.3 is 0 Å². The fraction of sp³-hybridized carbons (Fsp3) is 0.250. The second-order valence-corrected chi connectivity index (χ2v) is 3.81. The first-order valence-corrected chi connectivity index (χ1v) is 4.51. The van der Waals surface area contributed by atoms with Gasteiger partial charge in [-0.25, -0.2) is 0 Å². The predicted octanol–water partition coefficient (Wildman–Crippen LogP) is 2.82. The van der Waals surface area contributed by atoms with Gasteiger partial charge in [-0.15, -0.1) is 0 Å². The van der Waals surface area contributed by atoms with E-state index in [1.54, 1.807) is 13.0 Å². The minimum atomic E-state index is -0.349. The first-order valence-electron chi connectivity index (χ1n) is 3.43. The quantitative estimate of drug-likeness (QED) is 0.450. The van der Waals surface area contributed by atoms with Gasteiger partial charge in [-0.2, -0.15) is 0 Å². The van der Waals surface area contributed by atoms with Gasteiger partial charge in [-0.1, -0.05) is 0 Å². The molecule has 0 aromatic heterocycles. The minimum Gasteiger partial charge on any atom is -0.258 e. The molecule has 0 saturated heterocycles. The molecule has 1 aromatic carbocycles. The molecule has 0 heterocycles. The first-order chi connectivity index (χ1) is 5.52. The number of benzene rings is 1. The molecule has 0 aliphatic carbocycles. The van der Waals surface area contributed by atoms with Gasteiger partial charge in [0.15, 0.2) is 0 Å². The Morgan fingerprint density at radius 1 is 1.33 bits per heavy atom. The van der Waals surface area contributed by atoms with E-state index < -0.39 is 0 Å². The smallest absolute Gasteiger partial charge is 0.258 e. The molecular weight excluding hydrogens is 269 g/mol. The number of nitro benzene ring substituents is 1. The molecule has 0 bridgehead atoms. The van der Waals surface area contributed by atoms with Crippen LogP contribution in [0.3, 0.4) is 0 Å². The Labute approximate surface area is 84.1 Å². The largest absolute Gasteiger partial charge is 0.272 e. The summed E-state index contributed by atoms with van der Waals surface area (Å²) in [5.74, 6) is 0. The highest BCUT2D eigenvalue weighted by Gasteiger charge is 2.11. The third-order valence-electron chi connectivity index (χ3n) is 1.67. The molecule has 0 unspecified atom stereocenters. The molecule has 1 aromatic rings. The molecule has 0 saturated carbocycles. The van der Waals surface area contributed by atoms with Crippen molar-refractivity contribution in [1.82, 2.24) is 0 Å². The summed E-state index contributed by atoms with van der Waals surface area (Å²) in [6.45, 7) is 3.62. The normalized spacial score (nSPS) is 9.92. The van der Waals surface area contributed by atoms with Crippen LogP contribution in [0.5, 0.6) is 0 Å². The van der Waals surface area contributed by atoms with E-state index >= 15 is 0 Å². The highest BCUT2D eigenvalue weighted by atomic mass is 127. The van der Waals surface area contributed by atoms with E-state index in [2.05, 4.69) is 22.6 Å². The molecule has 64 valence electrons. The first kappa shape index (κ1) is 9.44. The lowest BCUT2D eigenvalue weighted by Crippen LogP contribution is -1.93. The Morgan fingerprint density at radius 2 is 1.92 bits per heavy atom. The van der Waals surface area contributed by atoms with E-state index in [-0.39, 0.29) is 10.6 Å². The summed E-state index contributed by atoms with van der Waals surface area (Å²) >= 11 is 2.17. The van der Waals surface area contributed by atoms with Crippen molar-refractivity contribution < 1.29 is 4.92 Å². The second-order valence-electron chi connectivity index (χ2n) is 2.64. The van der Waals surface area contributed by atoms with E-state index in [0.717, 1.165) is 14.7 Å². The van der Waals surface area contributed by atoms with Crippen LogP contribution in [0, 0.1) is 27.5 Å². The van der Waals surface area contributed by atoms with Gasteiger partial charge in [0, 0.05) is 15.2 Å². The van der Waals surface area contributed by atoms with E-state index in [1.807, 2.05) is 13.0 Å². The van der Waals surface area contributed by atoms with Crippen molar-refractivity contribution in [3.05, 3.63) is 36.9 Å².